The SMILES string of the molecule is CN(C)CCC[C@](O)(c1ccc(F)cc1)c1ccc(C#N)cc1CO.Cc1ccc(C(=O)O[C@@H](C(=O)O)[C@@H](OC(=O)c2ccc(C)cc2)C(=O)O)cc1. The van der Waals surface area contributed by atoms with Crippen LogP contribution in [0.1, 0.15) is 66.9 Å². The standard InChI is InChI=1S/C20H23FN2O2.C20H18O8/c1-23(2)11-3-10-20(25,17-5-7-18(21)8-6-17)19-9-4-15(13-22)12-16(19)14-24;1-11-3-7-13(8-4-11)19(25)27-15(17(21)22)16(18(23)24)28-20(26)14-9-5-12(2)6-10-14/h4-9,12,24-25H,3,10-11,14H2,1-2H3;3-10,15-16H,1-2H3,(H,21,22)(H,23,24)/t20-;15-,16-/m01/s1. The Bertz CT molecular complexity index is 1850. The van der Waals surface area contributed by atoms with Crippen molar-refractivity contribution in [1.82, 2.24) is 4.90 Å². The summed E-state index contributed by atoms with van der Waals surface area (Å²) in [5.74, 6) is -5.99. The maximum absolute atomic E-state index is 13.3. The number of nitrogens with zero attached hydrogens (tertiary/aromatic N) is 2. The number of hydrogen-bond donors (Lipinski definition) is 4. The summed E-state index contributed by atoms with van der Waals surface area (Å²) in [4.78, 5) is 49.4. The Morgan fingerprint density at radius 2 is 1.26 bits per heavy atom. The third-order valence-corrected chi connectivity index (χ3v) is 8.12. The molecule has 4 N–H and O–H groups in total. The fraction of sp³-hybridized carbons (Fsp3) is 0.275. The number of rotatable bonds is 14. The zero-order valence-electron chi connectivity index (χ0n) is 29.7. The number of aryl methyl sites for hydroxylation is 2. The van der Waals surface area contributed by atoms with Crippen LogP contribution in [0.15, 0.2) is 91.0 Å². The van der Waals surface area contributed by atoms with Gasteiger partial charge in [0.25, 0.3) is 0 Å². The van der Waals surface area contributed by atoms with E-state index in [0.717, 1.165) is 17.7 Å². The van der Waals surface area contributed by atoms with E-state index >= 15 is 0 Å². The minimum atomic E-state index is -2.22. The number of halogens is 1. The second-order valence-electron chi connectivity index (χ2n) is 12.5. The van der Waals surface area contributed by atoms with Crippen molar-refractivity contribution in [2.45, 2.75) is 51.1 Å². The number of benzene rings is 4. The van der Waals surface area contributed by atoms with Crippen LogP contribution in [0.25, 0.3) is 0 Å². The van der Waals surface area contributed by atoms with E-state index < -0.39 is 41.7 Å². The first-order chi connectivity index (χ1) is 25.1. The maximum Gasteiger partial charge on any atom is 0.349 e. The molecule has 0 aliphatic rings. The Kier molecular flexibility index (Phi) is 14.9. The quantitative estimate of drug-likeness (QED) is 0.127. The summed E-state index contributed by atoms with van der Waals surface area (Å²) in [6.45, 7) is 4.08. The van der Waals surface area contributed by atoms with Crippen LogP contribution >= 0.6 is 0 Å². The number of aliphatic carboxylic acids is 2. The number of hydrogen-bond acceptors (Lipinski definition) is 10. The second kappa shape index (κ2) is 19.1. The zero-order valence-corrected chi connectivity index (χ0v) is 29.7. The van der Waals surface area contributed by atoms with Gasteiger partial charge >= 0.3 is 23.9 Å². The van der Waals surface area contributed by atoms with E-state index in [1.165, 1.54) is 36.4 Å². The van der Waals surface area contributed by atoms with Gasteiger partial charge in [-0.3, -0.25) is 0 Å². The highest BCUT2D eigenvalue weighted by Crippen LogP contribution is 2.37. The van der Waals surface area contributed by atoms with Gasteiger partial charge in [-0.05, 0) is 113 Å². The van der Waals surface area contributed by atoms with Crippen molar-refractivity contribution in [2.75, 3.05) is 20.6 Å². The lowest BCUT2D eigenvalue weighted by atomic mass is 9.80. The number of carbonyl (C=O) groups excluding carboxylic acids is 2. The smallest absolute Gasteiger partial charge is 0.349 e. The average molecular weight is 729 g/mol. The van der Waals surface area contributed by atoms with Gasteiger partial charge in [-0.2, -0.15) is 5.26 Å². The number of carboxylic acids is 2. The maximum atomic E-state index is 13.3. The predicted molar refractivity (Wildman–Crippen MR) is 190 cm³/mol. The molecule has 12 nitrogen and oxygen atoms in total. The number of carbonyl (C=O) groups is 4. The summed E-state index contributed by atoms with van der Waals surface area (Å²) in [6, 6.07) is 24.7. The number of carboxylic acid groups (broad SMARTS) is 2. The summed E-state index contributed by atoms with van der Waals surface area (Å²) in [7, 11) is 3.91. The molecule has 0 saturated carbocycles. The number of aliphatic hydroxyl groups is 2. The minimum absolute atomic E-state index is 0.0332. The van der Waals surface area contributed by atoms with E-state index in [1.54, 1.807) is 68.4 Å². The molecule has 4 rings (SSSR count). The van der Waals surface area contributed by atoms with Crippen molar-refractivity contribution >= 4 is 23.9 Å². The van der Waals surface area contributed by atoms with Crippen molar-refractivity contribution in [3.63, 3.8) is 0 Å². The highest BCUT2D eigenvalue weighted by molar-refractivity contribution is 5.95. The number of esters is 2. The normalized spacial score (nSPS) is 13.0. The van der Waals surface area contributed by atoms with Gasteiger partial charge in [0, 0.05) is 0 Å². The molecule has 3 atom stereocenters. The Morgan fingerprint density at radius 3 is 1.66 bits per heavy atom. The molecule has 53 heavy (non-hydrogen) atoms. The summed E-state index contributed by atoms with van der Waals surface area (Å²) in [5.41, 5.74) is 2.44. The van der Waals surface area contributed by atoms with E-state index in [4.69, 9.17) is 14.7 Å². The largest absolute Gasteiger partial charge is 0.478 e. The first-order valence-electron chi connectivity index (χ1n) is 16.4. The lowest BCUT2D eigenvalue weighted by Crippen LogP contribution is -2.45. The molecule has 0 aliphatic heterocycles. The van der Waals surface area contributed by atoms with Gasteiger partial charge < -0.3 is 34.8 Å². The molecule has 0 aliphatic carbocycles. The topological polar surface area (TPSA) is 195 Å². The molecule has 0 heterocycles. The van der Waals surface area contributed by atoms with E-state index in [1.807, 2.05) is 25.1 Å². The number of aliphatic hydroxyl groups excluding tert-OH is 1. The highest BCUT2D eigenvalue weighted by Gasteiger charge is 2.41. The Balaban J connectivity index is 0.000000287. The molecule has 278 valence electrons. The van der Waals surface area contributed by atoms with Crippen LogP contribution in [0.4, 0.5) is 4.39 Å². The Hall–Kier alpha value is -5.94. The molecule has 0 amide bonds. The van der Waals surface area contributed by atoms with Gasteiger partial charge in [0.2, 0.25) is 12.2 Å². The fourth-order valence-corrected chi connectivity index (χ4v) is 5.24. The van der Waals surface area contributed by atoms with Gasteiger partial charge in [0.05, 0.1) is 29.4 Å². The third-order valence-electron chi connectivity index (χ3n) is 8.12. The summed E-state index contributed by atoms with van der Waals surface area (Å²) in [5, 5.41) is 48.9. The van der Waals surface area contributed by atoms with Crippen LogP contribution in [0, 0.1) is 31.0 Å². The molecule has 0 aromatic heterocycles. The van der Waals surface area contributed by atoms with Gasteiger partial charge in [-0.15, -0.1) is 0 Å². The van der Waals surface area contributed by atoms with E-state index in [-0.39, 0.29) is 23.6 Å². The molecular formula is C40H41FN2O10. The van der Waals surface area contributed by atoms with E-state index in [0.29, 0.717) is 35.1 Å². The summed E-state index contributed by atoms with van der Waals surface area (Å²) >= 11 is 0. The highest BCUT2D eigenvalue weighted by atomic mass is 19.1. The van der Waals surface area contributed by atoms with Crippen molar-refractivity contribution in [1.29, 1.82) is 5.26 Å². The fourth-order valence-electron chi connectivity index (χ4n) is 5.24. The van der Waals surface area contributed by atoms with Crippen LogP contribution in [-0.4, -0.2) is 82.1 Å². The molecule has 0 radical (unpaired) electrons. The van der Waals surface area contributed by atoms with Crippen molar-refractivity contribution in [3.8, 4) is 6.07 Å². The molecule has 13 heteroatoms. The second-order valence-corrected chi connectivity index (χ2v) is 12.5. The van der Waals surface area contributed by atoms with Crippen LogP contribution in [0.2, 0.25) is 0 Å². The molecule has 0 unspecified atom stereocenters. The average Bonchev–Trinajstić information content (AvgIpc) is 3.13. The van der Waals surface area contributed by atoms with Gasteiger partial charge in [-0.25, -0.2) is 23.6 Å². The molecule has 0 fully saturated rings. The van der Waals surface area contributed by atoms with Crippen LogP contribution < -0.4 is 0 Å². The first-order valence-corrected chi connectivity index (χ1v) is 16.4. The Morgan fingerprint density at radius 1 is 0.792 bits per heavy atom. The molecule has 4 aromatic rings. The van der Waals surface area contributed by atoms with Crippen LogP contribution in [-0.2, 0) is 31.3 Å². The lowest BCUT2D eigenvalue weighted by molar-refractivity contribution is -0.166. The minimum Gasteiger partial charge on any atom is -0.478 e. The number of nitriles is 1. The van der Waals surface area contributed by atoms with Crippen LogP contribution in [0.5, 0.6) is 0 Å². The monoisotopic (exact) mass is 728 g/mol. The van der Waals surface area contributed by atoms with Crippen molar-refractivity contribution in [3.05, 3.63) is 141 Å². The van der Waals surface area contributed by atoms with E-state index in [9.17, 15) is 44.0 Å². The lowest BCUT2D eigenvalue weighted by Gasteiger charge is -2.32. The van der Waals surface area contributed by atoms with Crippen LogP contribution in [0.3, 0.4) is 0 Å². The zero-order chi connectivity index (χ0) is 39.3. The third kappa shape index (κ3) is 11.5. The molecule has 0 saturated heterocycles. The number of ether oxygens (including phenoxy) is 2. The van der Waals surface area contributed by atoms with Crippen molar-refractivity contribution in [2.24, 2.45) is 0 Å². The molecule has 4 aromatic carbocycles. The first kappa shape index (κ1) is 41.5. The van der Waals surface area contributed by atoms with Gasteiger partial charge in [-0.1, -0.05) is 53.6 Å². The Labute approximate surface area is 306 Å². The predicted octanol–water partition coefficient (Wildman–Crippen LogP) is 4.99. The summed E-state index contributed by atoms with van der Waals surface area (Å²) in [6.07, 6.45) is -3.32. The van der Waals surface area contributed by atoms with Gasteiger partial charge in [0.15, 0.2) is 0 Å². The molecule has 0 bridgehead atoms. The molecular weight excluding hydrogens is 687 g/mol. The van der Waals surface area contributed by atoms with Crippen molar-refractivity contribution < 1.29 is 53.5 Å². The summed E-state index contributed by atoms with van der Waals surface area (Å²) < 4.78 is 23.0. The van der Waals surface area contributed by atoms with Gasteiger partial charge in [0.1, 0.15) is 11.4 Å². The van der Waals surface area contributed by atoms with E-state index in [2.05, 4.69) is 0 Å². The molecule has 0 spiro atoms.